The van der Waals surface area contributed by atoms with Crippen LogP contribution in [0.15, 0.2) is 54.6 Å². The second kappa shape index (κ2) is 8.30. The summed E-state index contributed by atoms with van der Waals surface area (Å²) >= 11 is 0. The number of benzene rings is 2. The average molecular weight is 405 g/mol. The molecule has 1 N–H and O–H groups in total. The van der Waals surface area contributed by atoms with Crippen LogP contribution in [0.5, 0.6) is 0 Å². The van der Waals surface area contributed by atoms with Crippen molar-refractivity contribution in [2.75, 3.05) is 11.4 Å². The van der Waals surface area contributed by atoms with Gasteiger partial charge in [0.05, 0.1) is 6.54 Å². The van der Waals surface area contributed by atoms with Crippen molar-refractivity contribution in [2.24, 2.45) is 0 Å². The van der Waals surface area contributed by atoms with Gasteiger partial charge in [0.1, 0.15) is 5.54 Å². The monoisotopic (exact) mass is 405 g/mol. The topological polar surface area (TPSA) is 69.7 Å². The Balaban J connectivity index is 1.48. The summed E-state index contributed by atoms with van der Waals surface area (Å²) < 4.78 is 0. The van der Waals surface area contributed by atoms with E-state index < -0.39 is 5.54 Å². The van der Waals surface area contributed by atoms with Crippen LogP contribution in [0.4, 0.5) is 10.5 Å². The minimum Gasteiger partial charge on any atom is -0.323 e. The van der Waals surface area contributed by atoms with Crippen LogP contribution in [0.1, 0.15) is 43.2 Å². The number of hydrogen-bond acceptors (Lipinski definition) is 3. The first-order valence-electron chi connectivity index (χ1n) is 10.5. The normalized spacial score (nSPS) is 17.4. The maximum Gasteiger partial charge on any atom is 0.325 e. The minimum absolute atomic E-state index is 0.0932. The Morgan fingerprint density at radius 2 is 1.70 bits per heavy atom. The SMILES string of the molecule is Cc1ccc(N(Cc2ccccc2)C(=O)CCN2C(=O)NC3(CCCC3)C2=O)cc1. The molecule has 1 aliphatic heterocycles. The number of carbonyl (C=O) groups excluding carboxylic acids is 3. The van der Waals surface area contributed by atoms with Crippen LogP contribution < -0.4 is 10.2 Å². The lowest BCUT2D eigenvalue weighted by Gasteiger charge is -2.24. The molecule has 2 aromatic carbocycles. The summed E-state index contributed by atoms with van der Waals surface area (Å²) in [6, 6.07) is 17.2. The van der Waals surface area contributed by atoms with Crippen molar-refractivity contribution in [3.8, 4) is 0 Å². The summed E-state index contributed by atoms with van der Waals surface area (Å²) in [7, 11) is 0. The van der Waals surface area contributed by atoms with Gasteiger partial charge in [0, 0.05) is 18.7 Å². The Hall–Kier alpha value is -3.15. The number of carbonyl (C=O) groups is 3. The number of urea groups is 1. The number of amides is 4. The molecule has 2 aromatic rings. The first-order valence-corrected chi connectivity index (χ1v) is 10.5. The molecule has 0 unspecified atom stereocenters. The van der Waals surface area contributed by atoms with Crippen LogP contribution in [0.2, 0.25) is 0 Å². The van der Waals surface area contributed by atoms with Gasteiger partial charge < -0.3 is 10.2 Å². The molecule has 6 nitrogen and oxygen atoms in total. The molecule has 0 bridgehead atoms. The molecule has 1 spiro atoms. The largest absolute Gasteiger partial charge is 0.325 e. The van der Waals surface area contributed by atoms with Crippen molar-refractivity contribution in [2.45, 2.75) is 51.1 Å². The Bertz CT molecular complexity index is 934. The summed E-state index contributed by atoms with van der Waals surface area (Å²) in [5.41, 5.74) is 2.21. The van der Waals surface area contributed by atoms with Crippen LogP contribution in [0, 0.1) is 6.92 Å². The van der Waals surface area contributed by atoms with Gasteiger partial charge in [-0.3, -0.25) is 14.5 Å². The fourth-order valence-electron chi connectivity index (χ4n) is 4.35. The highest BCUT2D eigenvalue weighted by Gasteiger charge is 2.52. The van der Waals surface area contributed by atoms with E-state index in [1.54, 1.807) is 4.90 Å². The number of anilines is 1. The van der Waals surface area contributed by atoms with Gasteiger partial charge >= 0.3 is 6.03 Å². The number of nitrogens with zero attached hydrogens (tertiary/aromatic N) is 2. The first-order chi connectivity index (χ1) is 14.5. The number of nitrogens with one attached hydrogen (secondary N) is 1. The third kappa shape index (κ3) is 3.95. The summed E-state index contributed by atoms with van der Waals surface area (Å²) in [5.74, 6) is -0.293. The van der Waals surface area contributed by atoms with Gasteiger partial charge in [0.15, 0.2) is 0 Å². The summed E-state index contributed by atoms with van der Waals surface area (Å²) in [5, 5.41) is 2.87. The van der Waals surface area contributed by atoms with Gasteiger partial charge in [0.25, 0.3) is 5.91 Å². The lowest BCUT2D eigenvalue weighted by atomic mass is 9.98. The van der Waals surface area contributed by atoms with E-state index in [9.17, 15) is 14.4 Å². The molecule has 156 valence electrons. The van der Waals surface area contributed by atoms with Gasteiger partial charge in [0.2, 0.25) is 5.91 Å². The van der Waals surface area contributed by atoms with Crippen LogP contribution in [-0.2, 0) is 16.1 Å². The van der Waals surface area contributed by atoms with Gasteiger partial charge in [-0.2, -0.15) is 0 Å². The molecule has 4 amide bonds. The molecule has 4 rings (SSSR count). The Morgan fingerprint density at radius 1 is 1.03 bits per heavy atom. The molecule has 1 heterocycles. The van der Waals surface area contributed by atoms with Crippen LogP contribution in [0.3, 0.4) is 0 Å². The number of rotatable bonds is 6. The number of imide groups is 1. The van der Waals surface area contributed by atoms with Crippen molar-refractivity contribution in [3.05, 3.63) is 65.7 Å². The molecule has 6 heteroatoms. The molecule has 1 aliphatic carbocycles. The van der Waals surface area contributed by atoms with E-state index in [0.29, 0.717) is 19.4 Å². The molecular weight excluding hydrogens is 378 g/mol. The van der Waals surface area contributed by atoms with E-state index >= 15 is 0 Å². The predicted octanol–water partition coefficient (Wildman–Crippen LogP) is 3.78. The highest BCUT2D eigenvalue weighted by molar-refractivity contribution is 6.07. The lowest BCUT2D eigenvalue weighted by Crippen LogP contribution is -2.44. The van der Waals surface area contributed by atoms with E-state index in [2.05, 4.69) is 5.32 Å². The van der Waals surface area contributed by atoms with Crippen molar-refractivity contribution in [1.82, 2.24) is 10.2 Å². The van der Waals surface area contributed by atoms with E-state index in [1.807, 2.05) is 61.5 Å². The van der Waals surface area contributed by atoms with Crippen LogP contribution in [-0.4, -0.2) is 34.8 Å². The molecule has 30 heavy (non-hydrogen) atoms. The molecule has 0 aromatic heterocycles. The zero-order valence-electron chi connectivity index (χ0n) is 17.3. The second-order valence-electron chi connectivity index (χ2n) is 8.23. The van der Waals surface area contributed by atoms with Crippen molar-refractivity contribution in [1.29, 1.82) is 0 Å². The smallest absolute Gasteiger partial charge is 0.323 e. The standard InChI is InChI=1S/C24H27N3O3/c1-18-9-11-20(12-10-18)27(17-19-7-3-2-4-8-19)21(28)13-16-26-22(29)24(25-23(26)30)14-5-6-15-24/h2-4,7-12H,5-6,13-17H2,1H3,(H,25,30). The van der Waals surface area contributed by atoms with Crippen molar-refractivity contribution < 1.29 is 14.4 Å². The van der Waals surface area contributed by atoms with Gasteiger partial charge in [-0.05, 0) is 37.5 Å². The molecular formula is C24H27N3O3. The minimum atomic E-state index is -0.735. The fourth-order valence-corrected chi connectivity index (χ4v) is 4.35. The van der Waals surface area contributed by atoms with Gasteiger partial charge in [-0.25, -0.2) is 4.79 Å². The fraction of sp³-hybridized carbons (Fsp3) is 0.375. The second-order valence-corrected chi connectivity index (χ2v) is 8.23. The van der Waals surface area contributed by atoms with E-state index in [0.717, 1.165) is 29.7 Å². The van der Waals surface area contributed by atoms with Crippen LogP contribution >= 0.6 is 0 Å². The maximum atomic E-state index is 13.2. The Morgan fingerprint density at radius 3 is 2.37 bits per heavy atom. The summed E-state index contributed by atoms with van der Waals surface area (Å²) in [4.78, 5) is 41.3. The van der Waals surface area contributed by atoms with Crippen molar-refractivity contribution in [3.63, 3.8) is 0 Å². The maximum absolute atomic E-state index is 13.2. The zero-order chi connectivity index (χ0) is 21.1. The van der Waals surface area contributed by atoms with Crippen LogP contribution in [0.25, 0.3) is 0 Å². The van der Waals surface area contributed by atoms with Gasteiger partial charge in [-0.1, -0.05) is 60.9 Å². The Kier molecular flexibility index (Phi) is 5.57. The summed E-state index contributed by atoms with van der Waals surface area (Å²) in [6.45, 7) is 2.54. The molecule has 1 saturated carbocycles. The van der Waals surface area contributed by atoms with E-state index in [-0.39, 0.29) is 30.8 Å². The lowest BCUT2D eigenvalue weighted by molar-refractivity contribution is -0.131. The van der Waals surface area contributed by atoms with Crippen molar-refractivity contribution >= 4 is 23.5 Å². The Labute approximate surface area is 176 Å². The molecule has 2 aliphatic rings. The molecule has 0 atom stereocenters. The summed E-state index contributed by atoms with van der Waals surface area (Å²) in [6.07, 6.45) is 3.35. The highest BCUT2D eigenvalue weighted by Crippen LogP contribution is 2.35. The highest BCUT2D eigenvalue weighted by atomic mass is 16.2. The quantitative estimate of drug-likeness (QED) is 0.744. The molecule has 1 saturated heterocycles. The average Bonchev–Trinajstić information content (AvgIpc) is 3.31. The predicted molar refractivity (Wildman–Crippen MR) is 115 cm³/mol. The van der Waals surface area contributed by atoms with Gasteiger partial charge in [-0.15, -0.1) is 0 Å². The van der Waals surface area contributed by atoms with E-state index in [4.69, 9.17) is 0 Å². The molecule has 2 fully saturated rings. The van der Waals surface area contributed by atoms with E-state index in [1.165, 1.54) is 4.90 Å². The molecule has 0 radical (unpaired) electrons. The third-order valence-corrected chi connectivity index (χ3v) is 6.08. The third-order valence-electron chi connectivity index (χ3n) is 6.08. The zero-order valence-corrected chi connectivity index (χ0v) is 17.3. The first kappa shape index (κ1) is 20.1. The number of hydrogen-bond donors (Lipinski definition) is 1. The number of aryl methyl sites for hydroxylation is 1.